The minimum atomic E-state index is -0.489. The Morgan fingerprint density at radius 3 is 2.50 bits per heavy atom. The molecule has 1 unspecified atom stereocenters. The highest BCUT2D eigenvalue weighted by atomic mass is 16.5. The van der Waals surface area contributed by atoms with Crippen molar-refractivity contribution in [2.75, 3.05) is 40.6 Å². The van der Waals surface area contributed by atoms with Crippen LogP contribution in [0.3, 0.4) is 0 Å². The number of fused-ring (bicyclic) bond motifs is 1. The number of rotatable bonds is 6. The number of esters is 2. The molecule has 1 aliphatic carbocycles. The van der Waals surface area contributed by atoms with E-state index in [1.165, 1.54) is 14.2 Å². The third kappa shape index (κ3) is 3.44. The normalized spacial score (nSPS) is 23.2. The van der Waals surface area contributed by atoms with Gasteiger partial charge in [-0.1, -0.05) is 19.1 Å². The maximum absolute atomic E-state index is 12.4. The smallest absolute Gasteiger partial charge is 0.338 e. The molecule has 0 saturated carbocycles. The van der Waals surface area contributed by atoms with E-state index in [1.807, 2.05) is 13.8 Å². The molecule has 6 nitrogen and oxygen atoms in total. The van der Waals surface area contributed by atoms with Gasteiger partial charge in [-0.05, 0) is 18.9 Å². The van der Waals surface area contributed by atoms with E-state index in [0.29, 0.717) is 43.0 Å². The molecule has 0 aromatic rings. The van der Waals surface area contributed by atoms with Crippen molar-refractivity contribution < 1.29 is 28.5 Å². The van der Waals surface area contributed by atoms with Crippen LogP contribution in [0.25, 0.3) is 0 Å². The van der Waals surface area contributed by atoms with Crippen LogP contribution in [0, 0.1) is 5.41 Å². The number of carbonyl (C=O) groups is 2. The van der Waals surface area contributed by atoms with E-state index >= 15 is 0 Å². The number of hydrogen-bond donors (Lipinski definition) is 0. The Balaban J connectivity index is 2.51. The summed E-state index contributed by atoms with van der Waals surface area (Å²) < 4.78 is 21.1. The quantitative estimate of drug-likeness (QED) is 0.545. The van der Waals surface area contributed by atoms with Crippen LogP contribution in [-0.4, -0.2) is 52.6 Å². The van der Waals surface area contributed by atoms with Crippen molar-refractivity contribution in [1.82, 2.24) is 0 Å². The summed E-state index contributed by atoms with van der Waals surface area (Å²) in [7, 11) is 2.65. The largest absolute Gasteiger partial charge is 0.466 e. The van der Waals surface area contributed by atoms with Crippen molar-refractivity contribution in [3.63, 3.8) is 0 Å². The number of carbonyl (C=O) groups excluding carboxylic acids is 2. The van der Waals surface area contributed by atoms with Gasteiger partial charge in [-0.15, -0.1) is 0 Å². The first-order valence-electron chi connectivity index (χ1n) is 7.76. The summed E-state index contributed by atoms with van der Waals surface area (Å²) >= 11 is 0. The highest BCUT2D eigenvalue weighted by molar-refractivity contribution is 6.00. The third-order valence-corrected chi connectivity index (χ3v) is 4.35. The van der Waals surface area contributed by atoms with Crippen LogP contribution in [0.1, 0.15) is 20.3 Å². The summed E-state index contributed by atoms with van der Waals surface area (Å²) in [6.07, 6.45) is 0.446. The van der Waals surface area contributed by atoms with Gasteiger partial charge in [-0.2, -0.15) is 0 Å². The van der Waals surface area contributed by atoms with Crippen molar-refractivity contribution in [3.8, 4) is 0 Å². The second-order valence-corrected chi connectivity index (χ2v) is 6.47. The Hall–Kier alpha value is -1.92. The molecule has 1 heterocycles. The van der Waals surface area contributed by atoms with E-state index in [2.05, 4.69) is 6.58 Å². The third-order valence-electron chi connectivity index (χ3n) is 4.35. The van der Waals surface area contributed by atoms with Gasteiger partial charge >= 0.3 is 11.9 Å². The first-order valence-corrected chi connectivity index (χ1v) is 7.76. The average molecular weight is 336 g/mol. The van der Waals surface area contributed by atoms with Gasteiger partial charge in [0.25, 0.3) is 0 Å². The zero-order valence-electron chi connectivity index (χ0n) is 14.7. The second kappa shape index (κ2) is 7.32. The summed E-state index contributed by atoms with van der Waals surface area (Å²) in [5, 5.41) is 0. The molecular weight excluding hydrogens is 312 g/mol. The van der Waals surface area contributed by atoms with Gasteiger partial charge in [0.15, 0.2) is 0 Å². The zero-order chi connectivity index (χ0) is 17.9. The molecule has 0 amide bonds. The number of ether oxygens (including phenoxy) is 4. The van der Waals surface area contributed by atoms with Gasteiger partial charge in [0.2, 0.25) is 0 Å². The fourth-order valence-electron chi connectivity index (χ4n) is 3.15. The van der Waals surface area contributed by atoms with E-state index in [9.17, 15) is 9.59 Å². The molecule has 1 fully saturated rings. The topological polar surface area (TPSA) is 71.1 Å². The molecule has 0 spiro atoms. The SMILES string of the molecule is C=C(C)COCC1=C(C(=O)OC)CC2(C)COCC2=C1C(=O)OC. The Kier molecular flexibility index (Phi) is 5.62. The number of hydrogen-bond acceptors (Lipinski definition) is 6. The molecule has 6 heteroatoms. The van der Waals surface area contributed by atoms with Crippen molar-refractivity contribution in [2.24, 2.45) is 5.41 Å². The lowest BCUT2D eigenvalue weighted by Gasteiger charge is -2.33. The standard InChI is InChI=1S/C18H24O6/c1-11(2)7-23-8-13-12(16(19)21-4)6-18(3)10-24-9-14(18)15(13)17(20)22-5/h1,6-10H2,2-5H3. The second-order valence-electron chi connectivity index (χ2n) is 6.47. The Bertz CT molecular complexity index is 627. The Morgan fingerprint density at radius 1 is 1.25 bits per heavy atom. The zero-order valence-corrected chi connectivity index (χ0v) is 14.7. The van der Waals surface area contributed by atoms with Crippen LogP contribution < -0.4 is 0 Å². The molecule has 0 bridgehead atoms. The molecule has 1 atom stereocenters. The maximum Gasteiger partial charge on any atom is 0.338 e. The fourth-order valence-corrected chi connectivity index (χ4v) is 3.15. The molecule has 0 aromatic carbocycles. The summed E-state index contributed by atoms with van der Waals surface area (Å²) in [6, 6.07) is 0. The van der Waals surface area contributed by atoms with Crippen LogP contribution in [0.4, 0.5) is 0 Å². The Morgan fingerprint density at radius 2 is 1.92 bits per heavy atom. The molecule has 24 heavy (non-hydrogen) atoms. The van der Waals surface area contributed by atoms with E-state index in [4.69, 9.17) is 18.9 Å². The average Bonchev–Trinajstić information content (AvgIpc) is 2.93. The molecule has 2 rings (SSSR count). The van der Waals surface area contributed by atoms with E-state index in [-0.39, 0.29) is 6.61 Å². The van der Waals surface area contributed by atoms with Crippen LogP contribution in [-0.2, 0) is 28.5 Å². The van der Waals surface area contributed by atoms with Crippen molar-refractivity contribution >= 4 is 11.9 Å². The van der Waals surface area contributed by atoms with Crippen LogP contribution in [0.15, 0.2) is 34.4 Å². The first kappa shape index (κ1) is 18.4. The summed E-state index contributed by atoms with van der Waals surface area (Å²) in [4.78, 5) is 24.7. The van der Waals surface area contributed by atoms with E-state index < -0.39 is 17.4 Å². The van der Waals surface area contributed by atoms with E-state index in [0.717, 1.165) is 11.1 Å². The first-order chi connectivity index (χ1) is 11.3. The van der Waals surface area contributed by atoms with Crippen LogP contribution in [0.2, 0.25) is 0 Å². The molecule has 1 aliphatic heterocycles. The lowest BCUT2D eigenvalue weighted by Crippen LogP contribution is -2.32. The lowest BCUT2D eigenvalue weighted by molar-refractivity contribution is -0.136. The highest BCUT2D eigenvalue weighted by Crippen LogP contribution is 2.47. The minimum absolute atomic E-state index is 0.112. The molecule has 0 aromatic heterocycles. The van der Waals surface area contributed by atoms with Crippen molar-refractivity contribution in [3.05, 3.63) is 34.4 Å². The van der Waals surface area contributed by atoms with Gasteiger partial charge in [0.1, 0.15) is 0 Å². The number of methoxy groups -OCH3 is 2. The fraction of sp³-hybridized carbons (Fsp3) is 0.556. The monoisotopic (exact) mass is 336 g/mol. The summed E-state index contributed by atoms with van der Waals surface area (Å²) in [5.74, 6) is -0.950. The van der Waals surface area contributed by atoms with Gasteiger partial charge in [-0.25, -0.2) is 9.59 Å². The predicted molar refractivity (Wildman–Crippen MR) is 87.3 cm³/mol. The molecule has 132 valence electrons. The summed E-state index contributed by atoms with van der Waals surface area (Å²) in [6.45, 7) is 8.86. The minimum Gasteiger partial charge on any atom is -0.466 e. The molecule has 0 radical (unpaired) electrons. The lowest BCUT2D eigenvalue weighted by atomic mass is 9.70. The van der Waals surface area contributed by atoms with Crippen molar-refractivity contribution in [2.45, 2.75) is 20.3 Å². The van der Waals surface area contributed by atoms with Crippen LogP contribution in [0.5, 0.6) is 0 Å². The van der Waals surface area contributed by atoms with Gasteiger partial charge in [0.05, 0.1) is 46.2 Å². The molecule has 2 aliphatic rings. The van der Waals surface area contributed by atoms with Crippen LogP contribution >= 0.6 is 0 Å². The molecular formula is C18H24O6. The van der Waals surface area contributed by atoms with Crippen molar-refractivity contribution in [1.29, 1.82) is 0 Å². The van der Waals surface area contributed by atoms with Gasteiger partial charge in [0, 0.05) is 16.6 Å². The Labute approximate surface area is 142 Å². The molecule has 1 saturated heterocycles. The highest BCUT2D eigenvalue weighted by Gasteiger charge is 2.46. The van der Waals surface area contributed by atoms with Gasteiger partial charge in [-0.3, -0.25) is 0 Å². The predicted octanol–water partition coefficient (Wildman–Crippen LogP) is 1.96. The summed E-state index contributed by atoms with van der Waals surface area (Å²) in [5.41, 5.74) is 2.64. The molecule has 0 N–H and O–H groups in total. The maximum atomic E-state index is 12.4. The van der Waals surface area contributed by atoms with E-state index in [1.54, 1.807) is 0 Å². The van der Waals surface area contributed by atoms with Gasteiger partial charge < -0.3 is 18.9 Å².